The molecular weight excluding hydrogens is 536 g/mol. The molecule has 6 rings (SSSR count). The van der Waals surface area contributed by atoms with Crippen LogP contribution in [0, 0.1) is 22.7 Å². The molecule has 6 N–H and O–H groups in total. The first kappa shape index (κ1) is 29.1. The van der Waals surface area contributed by atoms with Crippen LogP contribution >= 0.6 is 0 Å². The molecule has 2 heterocycles. The summed E-state index contributed by atoms with van der Waals surface area (Å²) in [5.41, 5.74) is -4.25. The van der Waals surface area contributed by atoms with E-state index in [1.807, 2.05) is 13.0 Å². The van der Waals surface area contributed by atoms with E-state index < -0.39 is 82.9 Å². The van der Waals surface area contributed by atoms with Gasteiger partial charge in [-0.15, -0.1) is 0 Å². The Morgan fingerprint density at radius 3 is 2.54 bits per heavy atom. The number of fused-ring (bicyclic) bond motifs is 5. The first-order valence-electron chi connectivity index (χ1n) is 14.6. The summed E-state index contributed by atoms with van der Waals surface area (Å²) in [5, 5.41) is 65.5. The molecular formula is C30H40O11. The summed E-state index contributed by atoms with van der Waals surface area (Å²) in [7, 11) is 0. The van der Waals surface area contributed by atoms with E-state index >= 15 is 0 Å². The van der Waals surface area contributed by atoms with Crippen LogP contribution in [0.3, 0.4) is 0 Å². The normalized spacial score (nSPS) is 51.0. The Labute approximate surface area is 237 Å². The molecule has 11 nitrogen and oxygen atoms in total. The van der Waals surface area contributed by atoms with Crippen molar-refractivity contribution in [2.45, 2.75) is 106 Å². The predicted molar refractivity (Wildman–Crippen MR) is 141 cm³/mol. The molecule has 0 bridgehead atoms. The van der Waals surface area contributed by atoms with Crippen LogP contribution in [-0.4, -0.2) is 91.5 Å². The molecule has 5 aliphatic rings. The van der Waals surface area contributed by atoms with Crippen LogP contribution in [0.25, 0.3) is 0 Å². The van der Waals surface area contributed by atoms with Gasteiger partial charge in [-0.1, -0.05) is 19.1 Å². The van der Waals surface area contributed by atoms with E-state index in [9.17, 15) is 40.2 Å². The molecule has 1 aliphatic heterocycles. The zero-order valence-electron chi connectivity index (χ0n) is 23.0. The molecule has 11 heteroatoms. The monoisotopic (exact) mass is 576 g/mol. The number of allylic oxidation sites excluding steroid dienone is 1. The molecule has 0 radical (unpaired) electrons. The lowest BCUT2D eigenvalue weighted by Gasteiger charge is -2.66. The van der Waals surface area contributed by atoms with Gasteiger partial charge in [0.25, 0.3) is 0 Å². The van der Waals surface area contributed by atoms with Crippen molar-refractivity contribution in [3.8, 4) is 0 Å². The van der Waals surface area contributed by atoms with Gasteiger partial charge in [0.05, 0.1) is 30.0 Å². The van der Waals surface area contributed by atoms with Crippen LogP contribution in [0.15, 0.2) is 39.8 Å². The van der Waals surface area contributed by atoms with Crippen molar-refractivity contribution in [3.63, 3.8) is 0 Å². The Hall–Kier alpha value is -1.96. The van der Waals surface area contributed by atoms with E-state index in [-0.39, 0.29) is 18.8 Å². The number of aliphatic hydroxyl groups excluding tert-OH is 5. The topological polar surface area (TPSA) is 187 Å². The van der Waals surface area contributed by atoms with Crippen LogP contribution in [0.5, 0.6) is 0 Å². The summed E-state index contributed by atoms with van der Waals surface area (Å²) < 4.78 is 17.3. The number of rotatable bonds is 5. The van der Waals surface area contributed by atoms with Crippen molar-refractivity contribution in [2.75, 3.05) is 6.61 Å². The largest absolute Gasteiger partial charge is 0.431 e. The van der Waals surface area contributed by atoms with Gasteiger partial charge in [0.2, 0.25) is 0 Å². The van der Waals surface area contributed by atoms with Crippen LogP contribution in [0.2, 0.25) is 0 Å². The summed E-state index contributed by atoms with van der Waals surface area (Å²) in [6.45, 7) is 1.35. The molecule has 41 heavy (non-hydrogen) atoms. The zero-order chi connectivity index (χ0) is 29.4. The van der Waals surface area contributed by atoms with Gasteiger partial charge in [0, 0.05) is 17.4 Å². The molecule has 1 saturated heterocycles. The maximum atomic E-state index is 13.3. The average Bonchev–Trinajstić information content (AvgIpc) is 3.23. The van der Waals surface area contributed by atoms with E-state index in [0.717, 1.165) is 11.8 Å². The molecule has 13 atom stereocenters. The fraction of sp³-hybridized carbons (Fsp3) is 0.733. The number of carbonyl (C=O) groups is 1. The van der Waals surface area contributed by atoms with E-state index in [1.54, 1.807) is 12.1 Å². The van der Waals surface area contributed by atoms with Gasteiger partial charge in [0.1, 0.15) is 36.3 Å². The van der Waals surface area contributed by atoms with Crippen molar-refractivity contribution in [1.29, 1.82) is 0 Å². The average molecular weight is 577 g/mol. The van der Waals surface area contributed by atoms with Gasteiger partial charge in [-0.05, 0) is 68.4 Å². The summed E-state index contributed by atoms with van der Waals surface area (Å²) in [6, 6.07) is 3.07. The minimum Gasteiger partial charge on any atom is -0.431 e. The second-order valence-electron chi connectivity index (χ2n) is 13.1. The van der Waals surface area contributed by atoms with Gasteiger partial charge in [0.15, 0.2) is 6.29 Å². The highest BCUT2D eigenvalue weighted by Crippen LogP contribution is 2.71. The molecule has 1 aromatic heterocycles. The molecule has 0 spiro atoms. The lowest BCUT2D eigenvalue weighted by Crippen LogP contribution is -2.72. The first-order chi connectivity index (χ1) is 19.5. The fourth-order valence-corrected chi connectivity index (χ4v) is 9.46. The first-order valence-corrected chi connectivity index (χ1v) is 14.6. The number of ether oxygens (including phenoxy) is 2. The molecule has 1 aromatic rings. The van der Waals surface area contributed by atoms with Crippen molar-refractivity contribution < 1.29 is 49.3 Å². The number of hydrogen-bond donors (Lipinski definition) is 6. The molecule has 0 aromatic carbocycles. The second-order valence-corrected chi connectivity index (χ2v) is 13.1. The number of aliphatic hydroxyl groups is 6. The van der Waals surface area contributed by atoms with Gasteiger partial charge >= 0.3 is 5.63 Å². The van der Waals surface area contributed by atoms with E-state index in [4.69, 9.17) is 13.9 Å². The molecule has 4 aliphatic carbocycles. The van der Waals surface area contributed by atoms with Gasteiger partial charge in [-0.2, -0.15) is 0 Å². The SMILES string of the molecule is C[C@]12CC(O)[C@H]3[C@@H](CCC4(O[C@@H]5O[C@H](CO)[C@@H](O)[C@H](O)[C@H]5O)C=CCC[C@]34C=O)[C@@]1(O)CC[C@@H]2c1ccc(=O)oc1. The summed E-state index contributed by atoms with van der Waals surface area (Å²) in [5.74, 6) is -1.28. The van der Waals surface area contributed by atoms with Crippen LogP contribution in [0.4, 0.5) is 0 Å². The van der Waals surface area contributed by atoms with Crippen molar-refractivity contribution in [1.82, 2.24) is 0 Å². The Balaban J connectivity index is 1.37. The van der Waals surface area contributed by atoms with Gasteiger partial charge in [-0.3, -0.25) is 0 Å². The minimum absolute atomic E-state index is 0.164. The maximum Gasteiger partial charge on any atom is 0.335 e. The highest BCUT2D eigenvalue weighted by Gasteiger charge is 2.73. The summed E-state index contributed by atoms with van der Waals surface area (Å²) in [6.07, 6.45) is 0.296. The minimum atomic E-state index is -1.65. The molecule has 0 amide bonds. The summed E-state index contributed by atoms with van der Waals surface area (Å²) in [4.78, 5) is 24.9. The molecule has 2 unspecified atom stereocenters. The van der Waals surface area contributed by atoms with Gasteiger partial charge in [-0.25, -0.2) is 4.79 Å². The van der Waals surface area contributed by atoms with Crippen molar-refractivity contribution in [2.24, 2.45) is 22.7 Å². The zero-order valence-corrected chi connectivity index (χ0v) is 23.0. The highest BCUT2D eigenvalue weighted by molar-refractivity contribution is 5.66. The van der Waals surface area contributed by atoms with E-state index in [0.29, 0.717) is 32.1 Å². The lowest BCUT2D eigenvalue weighted by atomic mass is 9.42. The number of aldehydes is 1. The Bertz CT molecular complexity index is 1230. The van der Waals surface area contributed by atoms with Gasteiger partial charge < -0.3 is 49.3 Å². The van der Waals surface area contributed by atoms with Crippen LogP contribution in [-0.2, 0) is 14.3 Å². The third kappa shape index (κ3) is 3.94. The molecule has 4 fully saturated rings. The Morgan fingerprint density at radius 1 is 1.07 bits per heavy atom. The standard InChI is InChI=1S/C30H40O11/c1-27-12-19(33)22-18(30(27,38)11-7-17(27)16-4-5-21(34)39-14-16)6-10-29(9-3-2-8-28(22,29)15-32)41-26-25(37)24(36)23(35)20(13-31)40-26/h3-5,9,14-15,17-20,22-26,31,33,35-38H,2,6-8,10-13H2,1H3/t17-,18-,19?,20-,22-,23-,24+,25-,26+,27-,28+,29?,30+/m1/s1. The summed E-state index contributed by atoms with van der Waals surface area (Å²) >= 11 is 0. The van der Waals surface area contributed by atoms with Crippen LogP contribution < -0.4 is 5.63 Å². The fourth-order valence-electron chi connectivity index (χ4n) is 9.46. The Kier molecular flexibility index (Phi) is 7.14. The Morgan fingerprint density at radius 2 is 1.85 bits per heavy atom. The number of hydrogen-bond acceptors (Lipinski definition) is 11. The van der Waals surface area contributed by atoms with Crippen molar-refractivity contribution >= 4 is 6.29 Å². The third-order valence-corrected chi connectivity index (χ3v) is 11.5. The maximum absolute atomic E-state index is 13.3. The third-order valence-electron chi connectivity index (χ3n) is 11.5. The van der Waals surface area contributed by atoms with E-state index in [2.05, 4.69) is 0 Å². The lowest BCUT2D eigenvalue weighted by molar-refractivity contribution is -0.347. The molecule has 226 valence electrons. The van der Waals surface area contributed by atoms with Crippen LogP contribution in [0.1, 0.15) is 63.4 Å². The van der Waals surface area contributed by atoms with Crippen molar-refractivity contribution in [3.05, 3.63) is 46.5 Å². The molecule has 3 saturated carbocycles. The predicted octanol–water partition coefficient (Wildman–Crippen LogP) is 0.136. The number of carbonyl (C=O) groups excluding carboxylic acids is 1. The highest BCUT2D eigenvalue weighted by atomic mass is 16.7. The van der Waals surface area contributed by atoms with E-state index in [1.165, 1.54) is 12.3 Å². The quantitative estimate of drug-likeness (QED) is 0.159. The second kappa shape index (κ2) is 10.1. The smallest absolute Gasteiger partial charge is 0.335 e.